The van der Waals surface area contributed by atoms with E-state index in [9.17, 15) is 5.11 Å². The van der Waals surface area contributed by atoms with Gasteiger partial charge in [-0.15, -0.1) is 0 Å². The van der Waals surface area contributed by atoms with Gasteiger partial charge in [0.05, 0.1) is 34.7 Å². The quantitative estimate of drug-likeness (QED) is 0.500. The molecule has 7 heteroatoms. The molecule has 5 aromatic rings. The topological polar surface area (TPSA) is 81.6 Å². The molecular weight excluding hydrogens is 376 g/mol. The van der Waals surface area contributed by atoms with Crippen LogP contribution in [0.3, 0.4) is 0 Å². The average Bonchev–Trinajstić information content (AvgIpc) is 3.36. The number of aromatic nitrogens is 6. The van der Waals surface area contributed by atoms with Crippen LogP contribution in [0, 0.1) is 13.8 Å². The van der Waals surface area contributed by atoms with E-state index in [1.54, 1.807) is 9.36 Å². The number of hydrogen-bond donors (Lipinski definition) is 1. The first kappa shape index (κ1) is 18.2. The van der Waals surface area contributed by atoms with Gasteiger partial charge in [-0.2, -0.15) is 10.2 Å². The van der Waals surface area contributed by atoms with E-state index in [-0.39, 0.29) is 6.61 Å². The first-order valence-electron chi connectivity index (χ1n) is 9.70. The lowest BCUT2D eigenvalue weighted by Crippen LogP contribution is -2.07. The monoisotopic (exact) mass is 396 g/mol. The van der Waals surface area contributed by atoms with E-state index in [1.807, 2.05) is 80.6 Å². The summed E-state index contributed by atoms with van der Waals surface area (Å²) in [6.07, 6.45) is 0. The van der Waals surface area contributed by atoms with Crippen molar-refractivity contribution in [1.29, 1.82) is 0 Å². The van der Waals surface area contributed by atoms with Crippen LogP contribution in [-0.4, -0.2) is 34.6 Å². The normalized spacial score (nSPS) is 11.3. The van der Waals surface area contributed by atoms with Gasteiger partial charge >= 0.3 is 0 Å². The van der Waals surface area contributed by atoms with E-state index in [0.717, 1.165) is 28.1 Å². The summed E-state index contributed by atoms with van der Waals surface area (Å²) < 4.78 is 3.53. The molecule has 0 aliphatic carbocycles. The third-order valence-electron chi connectivity index (χ3n) is 4.95. The number of hydrogen-bond acceptors (Lipinski definition) is 5. The van der Waals surface area contributed by atoms with Crippen LogP contribution in [0.1, 0.15) is 17.1 Å². The molecular formula is C23H20N6O. The second-order valence-corrected chi connectivity index (χ2v) is 7.15. The first-order valence-corrected chi connectivity index (χ1v) is 9.70. The zero-order chi connectivity index (χ0) is 20.7. The van der Waals surface area contributed by atoms with Gasteiger partial charge in [-0.3, -0.25) is 0 Å². The number of nitrogens with zero attached hydrogens (tertiary/aromatic N) is 6. The minimum Gasteiger partial charge on any atom is -0.390 e. The molecule has 0 unspecified atom stereocenters. The third kappa shape index (κ3) is 3.05. The summed E-state index contributed by atoms with van der Waals surface area (Å²) in [6, 6.07) is 21.3. The minimum atomic E-state index is -0.141. The van der Waals surface area contributed by atoms with Crippen LogP contribution in [-0.2, 0) is 6.61 Å². The number of fused-ring (bicyclic) bond motifs is 1. The Bertz CT molecular complexity index is 1350. The van der Waals surface area contributed by atoms with Crippen molar-refractivity contribution in [2.45, 2.75) is 20.5 Å². The maximum atomic E-state index is 9.93. The molecule has 1 N–H and O–H groups in total. The third-order valence-corrected chi connectivity index (χ3v) is 4.95. The highest BCUT2D eigenvalue weighted by atomic mass is 16.3. The van der Waals surface area contributed by atoms with Gasteiger partial charge in [0.25, 0.3) is 0 Å². The summed E-state index contributed by atoms with van der Waals surface area (Å²) in [5.41, 5.74) is 6.21. The minimum absolute atomic E-state index is 0.141. The zero-order valence-electron chi connectivity index (χ0n) is 16.7. The SMILES string of the molecule is Cc1cc(C)n(-c2nc3ccccc3nc2-c2cc(CO)n(-c3ccccc3)n2)n1. The van der Waals surface area contributed by atoms with Gasteiger partial charge in [0.15, 0.2) is 5.82 Å². The van der Waals surface area contributed by atoms with Crippen LogP contribution in [0.2, 0.25) is 0 Å². The van der Waals surface area contributed by atoms with E-state index in [4.69, 9.17) is 15.1 Å². The van der Waals surface area contributed by atoms with Gasteiger partial charge < -0.3 is 5.11 Å². The predicted molar refractivity (Wildman–Crippen MR) is 115 cm³/mol. The molecule has 3 aromatic heterocycles. The number of aryl methyl sites for hydroxylation is 2. The summed E-state index contributed by atoms with van der Waals surface area (Å²) in [5.74, 6) is 0.613. The van der Waals surface area contributed by atoms with Crippen molar-refractivity contribution >= 4 is 11.0 Å². The van der Waals surface area contributed by atoms with E-state index < -0.39 is 0 Å². The van der Waals surface area contributed by atoms with E-state index >= 15 is 0 Å². The Morgan fingerprint density at radius 2 is 1.50 bits per heavy atom. The van der Waals surface area contributed by atoms with Crippen molar-refractivity contribution in [2.75, 3.05) is 0 Å². The highest BCUT2D eigenvalue weighted by Crippen LogP contribution is 2.28. The van der Waals surface area contributed by atoms with Gasteiger partial charge in [-0.25, -0.2) is 19.3 Å². The van der Waals surface area contributed by atoms with E-state index in [2.05, 4.69) is 5.10 Å². The van der Waals surface area contributed by atoms with Crippen LogP contribution >= 0.6 is 0 Å². The van der Waals surface area contributed by atoms with Crippen molar-refractivity contribution in [3.63, 3.8) is 0 Å². The lowest BCUT2D eigenvalue weighted by atomic mass is 10.2. The fourth-order valence-corrected chi connectivity index (χ4v) is 3.59. The Hall–Kier alpha value is -3.84. The molecule has 0 bridgehead atoms. The molecule has 0 saturated heterocycles. The zero-order valence-corrected chi connectivity index (χ0v) is 16.7. The Balaban J connectivity index is 1.77. The number of aliphatic hydroxyl groups excluding tert-OH is 1. The van der Waals surface area contributed by atoms with Crippen molar-refractivity contribution < 1.29 is 5.11 Å². The van der Waals surface area contributed by atoms with Crippen molar-refractivity contribution in [1.82, 2.24) is 29.5 Å². The van der Waals surface area contributed by atoms with Gasteiger partial charge in [-0.05, 0) is 50.2 Å². The Kier molecular flexibility index (Phi) is 4.37. The van der Waals surface area contributed by atoms with Crippen LogP contribution in [0.15, 0.2) is 66.7 Å². The molecule has 148 valence electrons. The van der Waals surface area contributed by atoms with Crippen LogP contribution < -0.4 is 0 Å². The molecule has 0 spiro atoms. The van der Waals surface area contributed by atoms with Crippen LogP contribution in [0.4, 0.5) is 0 Å². The number of benzene rings is 2. The number of rotatable bonds is 4. The molecule has 3 heterocycles. The van der Waals surface area contributed by atoms with Crippen molar-refractivity contribution in [3.8, 4) is 22.9 Å². The molecule has 5 rings (SSSR count). The van der Waals surface area contributed by atoms with Crippen molar-refractivity contribution in [3.05, 3.63) is 83.8 Å². The Morgan fingerprint density at radius 3 is 2.17 bits per heavy atom. The highest BCUT2D eigenvalue weighted by Gasteiger charge is 2.20. The summed E-state index contributed by atoms with van der Waals surface area (Å²) in [7, 11) is 0. The van der Waals surface area contributed by atoms with Gasteiger partial charge in [-0.1, -0.05) is 30.3 Å². The maximum Gasteiger partial charge on any atom is 0.182 e. The van der Waals surface area contributed by atoms with Crippen molar-refractivity contribution in [2.24, 2.45) is 0 Å². The lowest BCUT2D eigenvalue weighted by Gasteiger charge is -2.10. The Labute approximate surface area is 173 Å². The fourth-order valence-electron chi connectivity index (χ4n) is 3.59. The molecule has 0 aliphatic rings. The van der Waals surface area contributed by atoms with Gasteiger partial charge in [0.1, 0.15) is 11.4 Å². The molecule has 0 aliphatic heterocycles. The predicted octanol–water partition coefficient (Wildman–Crippen LogP) is 3.78. The molecule has 2 aromatic carbocycles. The second-order valence-electron chi connectivity index (χ2n) is 7.15. The van der Waals surface area contributed by atoms with Gasteiger partial charge in [0.2, 0.25) is 0 Å². The summed E-state index contributed by atoms with van der Waals surface area (Å²) >= 11 is 0. The standard InChI is InChI=1S/C23H20N6O/c1-15-12-16(2)28(26-15)23-22(24-19-10-6-7-11-20(19)25-23)21-13-18(14-30)29(27-21)17-8-4-3-5-9-17/h3-13,30H,14H2,1-2H3. The molecule has 0 fully saturated rings. The highest BCUT2D eigenvalue weighted by molar-refractivity contribution is 5.80. The fraction of sp³-hybridized carbons (Fsp3) is 0.130. The van der Waals surface area contributed by atoms with Gasteiger partial charge in [0, 0.05) is 5.69 Å². The summed E-state index contributed by atoms with van der Waals surface area (Å²) in [5, 5.41) is 19.3. The van der Waals surface area contributed by atoms with Crippen LogP contribution in [0.25, 0.3) is 33.9 Å². The van der Waals surface area contributed by atoms with Crippen LogP contribution in [0.5, 0.6) is 0 Å². The summed E-state index contributed by atoms with van der Waals surface area (Å²) in [4.78, 5) is 9.73. The number of aliphatic hydroxyl groups is 1. The Morgan fingerprint density at radius 1 is 0.800 bits per heavy atom. The van der Waals surface area contributed by atoms with E-state index in [1.165, 1.54) is 0 Å². The van der Waals surface area contributed by atoms with E-state index in [0.29, 0.717) is 22.9 Å². The second kappa shape index (κ2) is 7.20. The largest absolute Gasteiger partial charge is 0.390 e. The first-order chi connectivity index (χ1) is 14.6. The molecule has 0 amide bonds. The molecule has 30 heavy (non-hydrogen) atoms. The molecule has 0 atom stereocenters. The molecule has 7 nitrogen and oxygen atoms in total. The number of para-hydroxylation sites is 3. The lowest BCUT2D eigenvalue weighted by molar-refractivity contribution is 0.273. The average molecular weight is 396 g/mol. The molecule has 0 saturated carbocycles. The molecule has 0 radical (unpaired) electrons. The maximum absolute atomic E-state index is 9.93. The smallest absolute Gasteiger partial charge is 0.182 e. The summed E-state index contributed by atoms with van der Waals surface area (Å²) in [6.45, 7) is 3.80.